The van der Waals surface area contributed by atoms with Crippen LogP contribution in [0.1, 0.15) is 77.6 Å². The van der Waals surface area contributed by atoms with Crippen molar-refractivity contribution in [2.45, 2.75) is 58.4 Å². The number of halogens is 2. The monoisotopic (exact) mass is 503 g/mol. The second-order valence-corrected chi connectivity index (χ2v) is 9.21. The second kappa shape index (κ2) is 13.3. The Morgan fingerprint density at radius 3 is 2.27 bits per heavy atom. The smallest absolute Gasteiger partial charge is 0.319 e. The molecule has 0 spiro atoms. The number of hydrogen-bond acceptors (Lipinski definition) is 3. The second-order valence-electron chi connectivity index (χ2n) is 9.21. The minimum Gasteiger partial charge on any atom is -0.334 e. The predicted octanol–water partition coefficient (Wildman–Crippen LogP) is 7.40. The molecule has 7 heteroatoms. The Kier molecular flexibility index (Phi) is 9.91. The number of nitrogens with zero attached hydrogens (tertiary/aromatic N) is 1. The average Bonchev–Trinajstić information content (AvgIpc) is 2.91. The van der Waals surface area contributed by atoms with Gasteiger partial charge in [0, 0.05) is 17.8 Å². The summed E-state index contributed by atoms with van der Waals surface area (Å²) in [5, 5.41) is 13.9. The van der Waals surface area contributed by atoms with E-state index in [2.05, 4.69) is 28.8 Å². The van der Waals surface area contributed by atoms with Gasteiger partial charge in [0.1, 0.15) is 0 Å². The number of urea groups is 1. The zero-order valence-corrected chi connectivity index (χ0v) is 21.1. The average molecular weight is 504 g/mol. The lowest BCUT2D eigenvalue weighted by atomic mass is 9.84. The van der Waals surface area contributed by atoms with Gasteiger partial charge in [-0.05, 0) is 79.6 Å². The molecule has 3 aromatic rings. The molecular weight excluding hydrogens is 472 g/mol. The van der Waals surface area contributed by atoms with Crippen molar-refractivity contribution in [3.05, 3.63) is 100 Å². The van der Waals surface area contributed by atoms with Crippen molar-refractivity contribution in [2.75, 3.05) is 5.32 Å². The van der Waals surface area contributed by atoms with E-state index in [0.717, 1.165) is 29.2 Å². The third kappa shape index (κ3) is 8.25. The number of nitrogens with one attached hydrogen (secondary N) is 2. The molecule has 5 nitrogen and oxygen atoms in total. The van der Waals surface area contributed by atoms with Crippen LogP contribution in [-0.2, 0) is 6.54 Å². The van der Waals surface area contributed by atoms with Crippen molar-refractivity contribution in [3.8, 4) is 6.07 Å². The Morgan fingerprint density at radius 2 is 1.65 bits per heavy atom. The van der Waals surface area contributed by atoms with Crippen LogP contribution in [0.3, 0.4) is 0 Å². The summed E-state index contributed by atoms with van der Waals surface area (Å²) in [5.41, 5.74) is 4.44. The van der Waals surface area contributed by atoms with Crippen LogP contribution < -0.4 is 10.6 Å². The van der Waals surface area contributed by atoms with E-state index in [4.69, 9.17) is 5.26 Å². The summed E-state index contributed by atoms with van der Waals surface area (Å²) in [6, 6.07) is 18.2. The number of carbonyl (C=O) groups is 2. The molecule has 1 fully saturated rings. The van der Waals surface area contributed by atoms with Gasteiger partial charge < -0.3 is 10.6 Å². The Bertz CT molecular complexity index is 1280. The van der Waals surface area contributed by atoms with Crippen LogP contribution in [0.2, 0.25) is 0 Å². The minimum absolute atomic E-state index is 0.0501. The third-order valence-electron chi connectivity index (χ3n) is 6.45. The van der Waals surface area contributed by atoms with Crippen molar-refractivity contribution in [2.24, 2.45) is 0 Å². The summed E-state index contributed by atoms with van der Waals surface area (Å²) in [4.78, 5) is 23.3. The SMILES string of the molecule is CC(=O)c1ccc(C)c(NC(=O)NCc2ccc(F)c(F)c2)c1.N#Cc1ccc(C2CCCCC2)cc1. The number of Topliss-reactive ketones (excluding diaryl/α,β-unsaturated/α-hetero) is 1. The standard InChI is InChI=1S/C17H16F2N2O2.C13H15N/c1-10-3-5-13(11(2)22)8-16(10)21-17(23)20-9-12-4-6-14(18)15(19)7-12;14-10-11-6-8-13(9-7-11)12-4-2-1-3-5-12/h3-8H,9H2,1-2H3,(H2,20,21,23);6-9,12H,1-5H2. The maximum Gasteiger partial charge on any atom is 0.319 e. The predicted molar refractivity (Wildman–Crippen MR) is 140 cm³/mol. The number of nitriles is 1. The van der Waals surface area contributed by atoms with Gasteiger partial charge in [0.2, 0.25) is 0 Å². The fraction of sp³-hybridized carbons (Fsp3) is 0.300. The summed E-state index contributed by atoms with van der Waals surface area (Å²) >= 11 is 0. The van der Waals surface area contributed by atoms with Crippen LogP contribution in [-0.4, -0.2) is 11.8 Å². The zero-order chi connectivity index (χ0) is 26.8. The molecule has 2 N–H and O–H groups in total. The normalized spacial score (nSPS) is 13.1. The highest BCUT2D eigenvalue weighted by molar-refractivity contribution is 5.97. The molecule has 1 saturated carbocycles. The number of ketones is 1. The molecule has 0 aliphatic heterocycles. The molecule has 0 unspecified atom stereocenters. The van der Waals surface area contributed by atoms with Gasteiger partial charge in [-0.15, -0.1) is 0 Å². The van der Waals surface area contributed by atoms with E-state index in [9.17, 15) is 18.4 Å². The molecule has 0 aromatic heterocycles. The molecule has 3 aromatic carbocycles. The van der Waals surface area contributed by atoms with E-state index in [1.807, 2.05) is 12.1 Å². The number of aryl methyl sites for hydroxylation is 1. The van der Waals surface area contributed by atoms with Crippen molar-refractivity contribution < 1.29 is 18.4 Å². The van der Waals surface area contributed by atoms with Crippen LogP contribution in [0.25, 0.3) is 0 Å². The Balaban J connectivity index is 0.000000231. The fourth-order valence-corrected chi connectivity index (χ4v) is 4.24. The summed E-state index contributed by atoms with van der Waals surface area (Å²) in [5.74, 6) is -1.25. The molecule has 2 amide bonds. The van der Waals surface area contributed by atoms with E-state index < -0.39 is 17.7 Å². The Hall–Kier alpha value is -4.05. The van der Waals surface area contributed by atoms with Crippen LogP contribution in [0, 0.1) is 29.9 Å². The Labute approximate surface area is 216 Å². The number of carbonyl (C=O) groups excluding carboxylic acids is 2. The number of anilines is 1. The van der Waals surface area contributed by atoms with Crippen LogP contribution in [0.4, 0.5) is 19.3 Å². The first-order valence-corrected chi connectivity index (χ1v) is 12.4. The quantitative estimate of drug-likeness (QED) is 0.356. The number of hydrogen-bond donors (Lipinski definition) is 2. The summed E-state index contributed by atoms with van der Waals surface area (Å²) < 4.78 is 25.9. The van der Waals surface area contributed by atoms with E-state index >= 15 is 0 Å². The van der Waals surface area contributed by atoms with E-state index in [1.54, 1.807) is 25.1 Å². The van der Waals surface area contributed by atoms with E-state index in [1.165, 1.54) is 50.7 Å². The van der Waals surface area contributed by atoms with Gasteiger partial charge in [0.25, 0.3) is 0 Å². The maximum atomic E-state index is 13.1. The summed E-state index contributed by atoms with van der Waals surface area (Å²) in [6.45, 7) is 3.29. The van der Waals surface area contributed by atoms with E-state index in [-0.39, 0.29) is 12.3 Å². The molecule has 0 radical (unpaired) electrons. The first-order valence-electron chi connectivity index (χ1n) is 12.4. The van der Waals surface area contributed by atoms with Gasteiger partial charge in [-0.1, -0.05) is 49.6 Å². The largest absolute Gasteiger partial charge is 0.334 e. The van der Waals surface area contributed by atoms with Gasteiger partial charge in [-0.2, -0.15) is 5.26 Å². The fourth-order valence-electron chi connectivity index (χ4n) is 4.24. The van der Waals surface area contributed by atoms with Crippen molar-refractivity contribution >= 4 is 17.5 Å². The number of amides is 2. The molecule has 4 rings (SSSR count). The molecule has 37 heavy (non-hydrogen) atoms. The van der Waals surface area contributed by atoms with Crippen molar-refractivity contribution in [1.29, 1.82) is 5.26 Å². The first kappa shape index (κ1) is 27.5. The highest BCUT2D eigenvalue weighted by Crippen LogP contribution is 2.32. The number of rotatable bonds is 5. The van der Waals surface area contributed by atoms with Gasteiger partial charge in [0.15, 0.2) is 17.4 Å². The minimum atomic E-state index is -0.963. The molecular formula is C30H31F2N3O2. The lowest BCUT2D eigenvalue weighted by molar-refractivity contribution is 0.101. The maximum absolute atomic E-state index is 13.1. The summed E-state index contributed by atoms with van der Waals surface area (Å²) in [6.07, 6.45) is 6.78. The first-order chi connectivity index (χ1) is 17.8. The molecule has 192 valence electrons. The molecule has 0 atom stereocenters. The summed E-state index contributed by atoms with van der Waals surface area (Å²) in [7, 11) is 0. The lowest BCUT2D eigenvalue weighted by Crippen LogP contribution is -2.28. The number of benzene rings is 3. The van der Waals surface area contributed by atoms with Gasteiger partial charge in [-0.25, -0.2) is 13.6 Å². The van der Waals surface area contributed by atoms with Gasteiger partial charge >= 0.3 is 6.03 Å². The van der Waals surface area contributed by atoms with Crippen LogP contribution in [0.15, 0.2) is 60.7 Å². The molecule has 0 heterocycles. The topological polar surface area (TPSA) is 82.0 Å². The highest BCUT2D eigenvalue weighted by Gasteiger charge is 2.15. The van der Waals surface area contributed by atoms with Gasteiger partial charge in [-0.3, -0.25) is 4.79 Å². The van der Waals surface area contributed by atoms with Crippen molar-refractivity contribution in [3.63, 3.8) is 0 Å². The van der Waals surface area contributed by atoms with E-state index in [0.29, 0.717) is 16.8 Å². The third-order valence-corrected chi connectivity index (χ3v) is 6.45. The highest BCUT2D eigenvalue weighted by atomic mass is 19.2. The van der Waals surface area contributed by atoms with Crippen LogP contribution >= 0.6 is 0 Å². The molecule has 1 aliphatic carbocycles. The molecule has 0 bridgehead atoms. The van der Waals surface area contributed by atoms with Crippen molar-refractivity contribution in [1.82, 2.24) is 5.32 Å². The Morgan fingerprint density at radius 1 is 0.946 bits per heavy atom. The zero-order valence-electron chi connectivity index (χ0n) is 21.1. The lowest BCUT2D eigenvalue weighted by Gasteiger charge is -2.21. The molecule has 1 aliphatic rings. The van der Waals surface area contributed by atoms with Crippen LogP contribution in [0.5, 0.6) is 0 Å². The van der Waals surface area contributed by atoms with Gasteiger partial charge in [0.05, 0.1) is 11.6 Å². The molecule has 0 saturated heterocycles.